The van der Waals surface area contributed by atoms with E-state index in [1.54, 1.807) is 0 Å². The van der Waals surface area contributed by atoms with E-state index in [1.165, 1.54) is 12.2 Å². The number of halogens is 1. The Morgan fingerprint density at radius 1 is 0.880 bits per heavy atom. The van der Waals surface area contributed by atoms with Crippen LogP contribution < -0.4 is 56.3 Å². The Morgan fingerprint density at radius 2 is 1.04 bits per heavy atom. The van der Waals surface area contributed by atoms with Crippen LogP contribution in [0.2, 0.25) is 0 Å². The molecule has 1 unspecified atom stereocenters. The summed E-state index contributed by atoms with van der Waals surface area (Å²) in [6, 6.07) is 0. The van der Waals surface area contributed by atoms with Gasteiger partial charge in [-0.2, -0.15) is 4.20 Å². The average Bonchev–Trinajstić information content (AvgIpc) is 2.38. The first-order valence-electron chi connectivity index (χ1n) is 4.17. The zero-order chi connectivity index (χ0) is 20.3. The molecule has 0 rings (SSSR count). The second-order valence-corrected chi connectivity index (χ2v) is 3.55. The molecule has 0 saturated heterocycles. The van der Waals surface area contributed by atoms with Crippen molar-refractivity contribution in [2.75, 3.05) is 0 Å². The van der Waals surface area contributed by atoms with Gasteiger partial charge in [-0.1, -0.05) is 0 Å². The summed E-state index contributed by atoms with van der Waals surface area (Å²) in [7, 11) is -5.39. The Bertz CT molecular complexity index is 509. The van der Waals surface area contributed by atoms with Gasteiger partial charge in [0.15, 0.2) is 0 Å². The Labute approximate surface area is 182 Å². The summed E-state index contributed by atoms with van der Waals surface area (Å²) in [6.07, 6.45) is 2.34. The quantitative estimate of drug-likeness (QED) is 0.0679. The molecule has 5 N–H and O–H groups in total. The maximum Gasteiger partial charge on any atom is 1.00 e. The first kappa shape index (κ1) is 34.9. The molecule has 0 radical (unpaired) electrons. The molecule has 0 aliphatic rings. The Balaban J connectivity index is -0.0000000706. The van der Waals surface area contributed by atoms with Crippen LogP contribution >= 0.6 is 20.0 Å². The van der Waals surface area contributed by atoms with Gasteiger partial charge in [-0.15, -0.1) is 8.80 Å². The molecule has 0 aromatic rings. The van der Waals surface area contributed by atoms with E-state index < -0.39 is 31.8 Å². The third kappa shape index (κ3) is 84.9. The summed E-state index contributed by atoms with van der Waals surface area (Å²) >= 11 is 0.456. The molecule has 15 nitrogen and oxygen atoms in total. The van der Waals surface area contributed by atoms with Crippen molar-refractivity contribution in [3.8, 4) is 0 Å². The molecule has 0 saturated carbocycles. The zero-order valence-electron chi connectivity index (χ0n) is 11.6. The van der Waals surface area contributed by atoms with E-state index in [9.17, 15) is 13.8 Å². The van der Waals surface area contributed by atoms with Crippen molar-refractivity contribution in [1.82, 2.24) is 0 Å². The second kappa shape index (κ2) is 22.7. The van der Waals surface area contributed by atoms with E-state index in [0.717, 1.165) is 0 Å². The van der Waals surface area contributed by atoms with Gasteiger partial charge in [-0.3, -0.25) is 4.57 Å². The largest absolute Gasteiger partial charge is 1.00 e. The van der Waals surface area contributed by atoms with Crippen molar-refractivity contribution in [1.29, 1.82) is 0 Å². The maximum absolute atomic E-state index is 10.2. The molecule has 1 atom stereocenters. The molecular weight excluding hydrogens is 429 g/mol. The van der Waals surface area contributed by atoms with Gasteiger partial charge in [0.2, 0.25) is 12.2 Å². The van der Waals surface area contributed by atoms with Gasteiger partial charge in [0.25, 0.3) is 0 Å². The Hall–Kier alpha value is -1.29. The molecule has 0 spiro atoms. The van der Waals surface area contributed by atoms with E-state index in [1.807, 2.05) is 0 Å². The monoisotopic (exact) mass is 434 g/mol. The maximum atomic E-state index is 10.2. The van der Waals surface area contributed by atoms with Gasteiger partial charge in [0.1, 0.15) is 12.1 Å². The minimum absolute atomic E-state index is 0. The van der Waals surface area contributed by atoms with Crippen LogP contribution in [0.5, 0.6) is 0 Å². The molecule has 0 bridgehead atoms. The van der Waals surface area contributed by atoms with Crippen molar-refractivity contribution >= 4 is 56.1 Å². The number of aliphatic carboxylic acids is 4. The summed E-state index contributed by atoms with van der Waals surface area (Å²) in [5, 5.41) is 29.6. The van der Waals surface area contributed by atoms with Gasteiger partial charge >= 0.3 is 83.2 Å². The first-order chi connectivity index (χ1) is 10.7. The fourth-order valence-electron chi connectivity index (χ4n) is 0.0537. The van der Waals surface area contributed by atoms with Crippen molar-refractivity contribution in [3.63, 3.8) is 0 Å². The van der Waals surface area contributed by atoms with Gasteiger partial charge < -0.3 is 30.2 Å². The van der Waals surface area contributed by atoms with Crippen LogP contribution in [-0.2, 0) is 33.3 Å². The van der Waals surface area contributed by atoms with Crippen molar-refractivity contribution in [2.24, 2.45) is 8.80 Å². The molecule has 0 aliphatic heterocycles. The summed E-state index contributed by atoms with van der Waals surface area (Å²) in [5.74, 6) is -7.30. The van der Waals surface area contributed by atoms with Crippen LogP contribution in [0.1, 0.15) is 0 Å². The molecular formula is C6H5FKN2O13PS. The van der Waals surface area contributed by atoms with Gasteiger partial charge in [-0.05, 0) is 0 Å². The minimum atomic E-state index is -5.39. The Kier molecular flexibility index (Phi) is 31.7. The summed E-state index contributed by atoms with van der Waals surface area (Å²) in [5.41, 5.74) is 0. The van der Waals surface area contributed by atoms with Gasteiger partial charge in [0.05, 0.1) is 0 Å². The molecule has 0 aromatic heterocycles. The van der Waals surface area contributed by atoms with Crippen LogP contribution in [0.15, 0.2) is 8.80 Å². The normalized spacial score (nSPS) is 9.40. The topological polar surface area (TPSA) is 268 Å². The van der Waals surface area contributed by atoms with Gasteiger partial charge in [-0.25, -0.2) is 28.8 Å². The van der Waals surface area contributed by atoms with Crippen LogP contribution in [0, 0.1) is 0 Å². The van der Waals surface area contributed by atoms with Crippen LogP contribution in [0.3, 0.4) is 0 Å². The molecule has 0 heterocycles. The zero-order valence-corrected chi connectivity index (χ0v) is 16.5. The third-order valence-corrected chi connectivity index (χ3v) is 0.834. The predicted molar refractivity (Wildman–Crippen MR) is 65.3 cm³/mol. The van der Waals surface area contributed by atoms with Gasteiger partial charge in [0, 0.05) is 0 Å². The number of hydrogen-bond donors (Lipinski definition) is 5. The standard InChI is InChI=1S/C2N2O2S.2C2H2O4.FH2O3P.K/c5-1-3-7-4-2-6;2*3-1(4)2(5)6;1-5(2,3)4;/h;2*(H,3,4)(H,5,6);(H2,2,3,4);/q;;;;+1/p-1. The molecule has 0 aromatic carbocycles. The van der Waals surface area contributed by atoms with E-state index in [-0.39, 0.29) is 51.4 Å². The number of carbonyl (C=O) groups excluding carboxylic acids is 2. The average molecular weight is 434 g/mol. The van der Waals surface area contributed by atoms with Crippen LogP contribution in [0.4, 0.5) is 4.20 Å². The van der Waals surface area contributed by atoms with Crippen molar-refractivity contribution < 1.29 is 119 Å². The molecule has 19 heteroatoms. The van der Waals surface area contributed by atoms with E-state index in [0.29, 0.717) is 12.1 Å². The van der Waals surface area contributed by atoms with Crippen molar-refractivity contribution in [3.05, 3.63) is 0 Å². The third-order valence-electron chi connectivity index (χ3n) is 0.522. The number of carboxylic acids is 4. The van der Waals surface area contributed by atoms with Crippen LogP contribution in [0.25, 0.3) is 0 Å². The second-order valence-electron chi connectivity index (χ2n) is 2.12. The molecule has 0 aliphatic carbocycles. The number of hydrogen-bond acceptors (Lipinski definition) is 11. The van der Waals surface area contributed by atoms with E-state index >= 15 is 0 Å². The van der Waals surface area contributed by atoms with Crippen molar-refractivity contribution in [2.45, 2.75) is 0 Å². The SMILES string of the molecule is O=C(O)C(=O)O.O=C(O)C(=O)O.O=C=NSN=C=O.O=P([O-])(O)F.[K+]. The molecule has 0 fully saturated rings. The fraction of sp³-hybridized carbons (Fsp3) is 0. The number of nitrogens with zero attached hydrogens (tertiary/aromatic N) is 2. The first-order valence-corrected chi connectivity index (χ1v) is 6.36. The molecule has 0 amide bonds. The minimum Gasteiger partial charge on any atom is -0.753 e. The molecule has 136 valence electrons. The smallest absolute Gasteiger partial charge is 0.753 e. The number of rotatable bonds is 2. The van der Waals surface area contributed by atoms with Crippen LogP contribution in [-0.4, -0.2) is 61.4 Å². The number of carbonyl (C=O) groups is 4. The molecule has 25 heavy (non-hydrogen) atoms. The Morgan fingerprint density at radius 3 is 1.12 bits per heavy atom. The number of isocyanates is 2. The summed E-state index contributed by atoms with van der Waals surface area (Å²) in [4.78, 5) is 70.2. The summed E-state index contributed by atoms with van der Waals surface area (Å²) in [6.45, 7) is 0. The summed E-state index contributed by atoms with van der Waals surface area (Å²) < 4.78 is 24.5. The predicted octanol–water partition coefficient (Wildman–Crippen LogP) is -5.05. The van der Waals surface area contributed by atoms with E-state index in [4.69, 9.17) is 54.0 Å². The van der Waals surface area contributed by atoms with E-state index in [2.05, 4.69) is 8.80 Å². The number of carboxylic acid groups (broad SMARTS) is 4. The fourth-order valence-corrected chi connectivity index (χ4v) is 0.161.